The van der Waals surface area contributed by atoms with Gasteiger partial charge in [-0.15, -0.1) is 0 Å². The van der Waals surface area contributed by atoms with Crippen molar-refractivity contribution in [2.24, 2.45) is 11.3 Å². The Morgan fingerprint density at radius 3 is 2.58 bits per heavy atom. The van der Waals surface area contributed by atoms with Gasteiger partial charge in [0.25, 0.3) is 0 Å². The van der Waals surface area contributed by atoms with E-state index in [1.165, 1.54) is 0 Å². The highest BCUT2D eigenvalue weighted by molar-refractivity contribution is 5.82. The van der Waals surface area contributed by atoms with Crippen LogP contribution < -0.4 is 0 Å². The minimum Gasteiger partial charge on any atom is -0.459 e. The van der Waals surface area contributed by atoms with E-state index in [4.69, 9.17) is 9.47 Å². The van der Waals surface area contributed by atoms with Crippen LogP contribution in [-0.4, -0.2) is 18.2 Å². The van der Waals surface area contributed by atoms with Gasteiger partial charge in [0.15, 0.2) is 0 Å². The second-order valence-electron chi connectivity index (χ2n) is 6.57. The van der Waals surface area contributed by atoms with Crippen molar-refractivity contribution in [2.45, 2.75) is 38.9 Å². The standard InChI is InChI=1S/C16H20O3/c1-15(2,3)19-14(17)16-9-12(16)10-18-13(16)11-7-5-4-6-8-11/h4-8,12-13H,9-10H2,1-3H3. The Labute approximate surface area is 113 Å². The van der Waals surface area contributed by atoms with Gasteiger partial charge >= 0.3 is 5.97 Å². The van der Waals surface area contributed by atoms with Crippen molar-refractivity contribution in [1.82, 2.24) is 0 Å². The molecular weight excluding hydrogens is 240 g/mol. The summed E-state index contributed by atoms with van der Waals surface area (Å²) < 4.78 is 11.4. The quantitative estimate of drug-likeness (QED) is 0.766. The Morgan fingerprint density at radius 1 is 1.32 bits per heavy atom. The Bertz CT molecular complexity index is 488. The Hall–Kier alpha value is -1.35. The van der Waals surface area contributed by atoms with Gasteiger partial charge in [0, 0.05) is 5.92 Å². The maximum absolute atomic E-state index is 12.5. The molecule has 3 heteroatoms. The average molecular weight is 260 g/mol. The van der Waals surface area contributed by atoms with E-state index >= 15 is 0 Å². The average Bonchev–Trinajstić information content (AvgIpc) is 2.96. The Kier molecular flexibility index (Phi) is 2.72. The highest BCUT2D eigenvalue weighted by Crippen LogP contribution is 2.67. The molecule has 1 aliphatic carbocycles. The van der Waals surface area contributed by atoms with Gasteiger partial charge in [0.2, 0.25) is 0 Å². The van der Waals surface area contributed by atoms with Gasteiger partial charge in [-0.3, -0.25) is 4.79 Å². The SMILES string of the molecule is CC(C)(C)OC(=O)C12CC1COC2c1ccccc1. The number of carbonyl (C=O) groups excluding carboxylic acids is 1. The molecule has 1 heterocycles. The maximum atomic E-state index is 12.5. The van der Waals surface area contributed by atoms with E-state index in [1.54, 1.807) is 0 Å². The first-order valence-electron chi connectivity index (χ1n) is 6.83. The summed E-state index contributed by atoms with van der Waals surface area (Å²) in [6, 6.07) is 9.99. The molecule has 3 nitrogen and oxygen atoms in total. The predicted molar refractivity (Wildman–Crippen MR) is 71.5 cm³/mol. The lowest BCUT2D eigenvalue weighted by Crippen LogP contribution is -2.32. The number of hydrogen-bond donors (Lipinski definition) is 0. The molecule has 0 spiro atoms. The number of hydrogen-bond acceptors (Lipinski definition) is 3. The summed E-state index contributed by atoms with van der Waals surface area (Å²) in [7, 11) is 0. The fourth-order valence-electron chi connectivity index (χ4n) is 2.99. The van der Waals surface area contributed by atoms with Crippen molar-refractivity contribution in [3.63, 3.8) is 0 Å². The zero-order chi connectivity index (χ0) is 13.7. The molecule has 1 aliphatic heterocycles. The predicted octanol–water partition coefficient (Wildman–Crippen LogP) is 3.11. The van der Waals surface area contributed by atoms with Crippen LogP contribution in [0.5, 0.6) is 0 Å². The van der Waals surface area contributed by atoms with Crippen molar-refractivity contribution >= 4 is 5.97 Å². The smallest absolute Gasteiger partial charge is 0.315 e. The Morgan fingerprint density at radius 2 is 2.00 bits per heavy atom. The monoisotopic (exact) mass is 260 g/mol. The molecule has 0 aromatic heterocycles. The summed E-state index contributed by atoms with van der Waals surface area (Å²) in [5, 5.41) is 0. The highest BCUT2D eigenvalue weighted by Gasteiger charge is 2.70. The molecule has 1 aromatic rings. The van der Waals surface area contributed by atoms with E-state index < -0.39 is 11.0 Å². The first-order chi connectivity index (χ1) is 8.93. The molecule has 19 heavy (non-hydrogen) atoms. The van der Waals surface area contributed by atoms with Gasteiger partial charge in [-0.25, -0.2) is 0 Å². The van der Waals surface area contributed by atoms with E-state index in [-0.39, 0.29) is 12.1 Å². The highest BCUT2D eigenvalue weighted by atomic mass is 16.6. The molecule has 1 aromatic carbocycles. The zero-order valence-corrected chi connectivity index (χ0v) is 11.7. The normalized spacial score (nSPS) is 32.8. The minimum atomic E-state index is -0.442. The van der Waals surface area contributed by atoms with Crippen LogP contribution in [0.4, 0.5) is 0 Å². The molecule has 1 saturated carbocycles. The first kappa shape index (κ1) is 12.7. The fourth-order valence-corrected chi connectivity index (χ4v) is 2.99. The van der Waals surface area contributed by atoms with Crippen LogP contribution in [0.1, 0.15) is 38.9 Å². The third kappa shape index (κ3) is 2.06. The van der Waals surface area contributed by atoms with Crippen molar-refractivity contribution in [3.05, 3.63) is 35.9 Å². The van der Waals surface area contributed by atoms with Crippen molar-refractivity contribution in [3.8, 4) is 0 Å². The second kappa shape index (κ2) is 4.07. The van der Waals surface area contributed by atoms with Gasteiger partial charge in [-0.05, 0) is 32.8 Å². The third-order valence-corrected chi connectivity index (χ3v) is 3.97. The summed E-state index contributed by atoms with van der Waals surface area (Å²) in [6.07, 6.45) is 0.745. The van der Waals surface area contributed by atoms with Crippen molar-refractivity contribution in [2.75, 3.05) is 6.61 Å². The third-order valence-electron chi connectivity index (χ3n) is 3.97. The molecule has 3 unspecified atom stereocenters. The molecule has 0 radical (unpaired) electrons. The molecule has 3 rings (SSSR count). The first-order valence-corrected chi connectivity index (χ1v) is 6.83. The molecule has 102 valence electrons. The van der Waals surface area contributed by atoms with E-state index in [0.717, 1.165) is 12.0 Å². The number of rotatable bonds is 2. The molecule has 2 fully saturated rings. The summed E-state index contributed by atoms with van der Waals surface area (Å²) in [6.45, 7) is 6.39. The van der Waals surface area contributed by atoms with Crippen molar-refractivity contribution in [1.29, 1.82) is 0 Å². The Balaban J connectivity index is 1.86. The summed E-state index contributed by atoms with van der Waals surface area (Å²) >= 11 is 0. The lowest BCUT2D eigenvalue weighted by molar-refractivity contribution is -0.165. The largest absolute Gasteiger partial charge is 0.459 e. The van der Waals surface area contributed by atoms with E-state index in [2.05, 4.69) is 0 Å². The summed E-state index contributed by atoms with van der Waals surface area (Å²) in [4.78, 5) is 12.5. The fraction of sp³-hybridized carbons (Fsp3) is 0.562. The number of esters is 1. The molecular formula is C16H20O3. The van der Waals surface area contributed by atoms with Gasteiger partial charge in [0.1, 0.15) is 11.0 Å². The van der Waals surface area contributed by atoms with Gasteiger partial charge in [0.05, 0.1) is 12.7 Å². The molecule has 3 atom stereocenters. The second-order valence-corrected chi connectivity index (χ2v) is 6.57. The van der Waals surface area contributed by atoms with Crippen LogP contribution in [0.2, 0.25) is 0 Å². The van der Waals surface area contributed by atoms with Gasteiger partial charge < -0.3 is 9.47 Å². The van der Waals surface area contributed by atoms with Crippen LogP contribution in [0.15, 0.2) is 30.3 Å². The van der Waals surface area contributed by atoms with Gasteiger partial charge in [-0.1, -0.05) is 30.3 Å². The molecule has 0 N–H and O–H groups in total. The number of ether oxygens (including phenoxy) is 2. The van der Waals surface area contributed by atoms with Gasteiger partial charge in [-0.2, -0.15) is 0 Å². The number of carbonyl (C=O) groups is 1. The zero-order valence-electron chi connectivity index (χ0n) is 11.7. The van der Waals surface area contributed by atoms with Crippen LogP contribution in [0.25, 0.3) is 0 Å². The minimum absolute atomic E-state index is 0.101. The number of fused-ring (bicyclic) bond motifs is 1. The van der Waals surface area contributed by atoms with Crippen LogP contribution in [-0.2, 0) is 14.3 Å². The number of benzene rings is 1. The molecule has 2 aliphatic rings. The van der Waals surface area contributed by atoms with E-state index in [1.807, 2.05) is 51.1 Å². The lowest BCUT2D eigenvalue weighted by Gasteiger charge is -2.26. The van der Waals surface area contributed by atoms with E-state index in [0.29, 0.717) is 12.5 Å². The summed E-state index contributed by atoms with van der Waals surface area (Å²) in [5.41, 5.74) is 0.200. The topological polar surface area (TPSA) is 35.5 Å². The van der Waals surface area contributed by atoms with Crippen LogP contribution >= 0.6 is 0 Å². The van der Waals surface area contributed by atoms with E-state index in [9.17, 15) is 4.79 Å². The van der Waals surface area contributed by atoms with Crippen LogP contribution in [0, 0.1) is 11.3 Å². The summed E-state index contributed by atoms with van der Waals surface area (Å²) in [5.74, 6) is 0.226. The maximum Gasteiger partial charge on any atom is 0.315 e. The molecule has 0 amide bonds. The lowest BCUT2D eigenvalue weighted by atomic mass is 9.92. The van der Waals surface area contributed by atoms with Crippen molar-refractivity contribution < 1.29 is 14.3 Å². The molecule has 0 bridgehead atoms. The molecule has 1 saturated heterocycles. The van der Waals surface area contributed by atoms with Crippen LogP contribution in [0.3, 0.4) is 0 Å².